The summed E-state index contributed by atoms with van der Waals surface area (Å²) < 4.78 is 30.5. The molecule has 2 fully saturated rings. The van der Waals surface area contributed by atoms with Crippen molar-refractivity contribution >= 4 is 17.4 Å². The molecule has 0 spiro atoms. The van der Waals surface area contributed by atoms with Crippen LogP contribution in [0.2, 0.25) is 0 Å². The summed E-state index contributed by atoms with van der Waals surface area (Å²) in [6.07, 6.45) is 15.4. The van der Waals surface area contributed by atoms with Crippen LogP contribution in [0.5, 0.6) is 0 Å². The Labute approximate surface area is 249 Å². The normalized spacial score (nSPS) is 30.0. The van der Waals surface area contributed by atoms with Crippen LogP contribution < -0.4 is 11.1 Å². The summed E-state index contributed by atoms with van der Waals surface area (Å²) in [6.45, 7) is 0. The van der Waals surface area contributed by atoms with Crippen LogP contribution in [0.15, 0.2) is 73.1 Å². The second kappa shape index (κ2) is 11.2. The lowest BCUT2D eigenvalue weighted by molar-refractivity contribution is -0.115. The highest BCUT2D eigenvalue weighted by Crippen LogP contribution is 2.60. The first-order valence-corrected chi connectivity index (χ1v) is 15.2. The van der Waals surface area contributed by atoms with Crippen molar-refractivity contribution in [1.82, 2.24) is 9.97 Å². The summed E-state index contributed by atoms with van der Waals surface area (Å²) >= 11 is 0. The SMILES string of the molecule is NC1CC2CC(CCCc3cccc(F)c3-c3nc(ccc3F)C(=O)Nc3cnccc32)C1C1C2C=CC=CC(=O)CC21. The predicted molar refractivity (Wildman–Crippen MR) is 160 cm³/mol. The van der Waals surface area contributed by atoms with E-state index in [0.29, 0.717) is 41.8 Å². The number of fused-ring (bicyclic) bond motifs is 9. The number of ketones is 1. The van der Waals surface area contributed by atoms with Gasteiger partial charge in [-0.1, -0.05) is 30.4 Å². The highest BCUT2D eigenvalue weighted by molar-refractivity contribution is 6.03. The number of anilines is 1. The molecule has 1 aromatic carbocycles. The van der Waals surface area contributed by atoms with E-state index in [1.165, 1.54) is 18.2 Å². The quantitative estimate of drug-likeness (QED) is 0.347. The molecular formula is C35H34F2N4O2. The number of amides is 1. The lowest BCUT2D eigenvalue weighted by Crippen LogP contribution is -2.43. The van der Waals surface area contributed by atoms with E-state index < -0.39 is 17.5 Å². The Balaban J connectivity index is 1.29. The molecule has 4 aliphatic rings. The highest BCUT2D eigenvalue weighted by Gasteiger charge is 2.57. The molecule has 7 atom stereocenters. The van der Waals surface area contributed by atoms with Gasteiger partial charge in [0.2, 0.25) is 0 Å². The number of hydrogen-bond donors (Lipinski definition) is 2. The van der Waals surface area contributed by atoms with Crippen molar-refractivity contribution in [2.75, 3.05) is 5.32 Å². The number of hydrogen-bond acceptors (Lipinski definition) is 5. The molecule has 8 heteroatoms. The van der Waals surface area contributed by atoms with Gasteiger partial charge in [0, 0.05) is 24.2 Å². The summed E-state index contributed by atoms with van der Waals surface area (Å²) in [4.78, 5) is 34.5. The molecule has 1 aliphatic heterocycles. The van der Waals surface area contributed by atoms with E-state index in [1.807, 2.05) is 24.3 Å². The minimum absolute atomic E-state index is 0.00571. The van der Waals surface area contributed by atoms with E-state index in [0.717, 1.165) is 31.2 Å². The Morgan fingerprint density at radius 1 is 0.977 bits per heavy atom. The number of aryl methyl sites for hydroxylation is 1. The fourth-order valence-corrected chi connectivity index (χ4v) is 8.18. The van der Waals surface area contributed by atoms with Crippen LogP contribution >= 0.6 is 0 Å². The largest absolute Gasteiger partial charge is 0.327 e. The monoisotopic (exact) mass is 580 g/mol. The third-order valence-corrected chi connectivity index (χ3v) is 10.1. The van der Waals surface area contributed by atoms with E-state index in [-0.39, 0.29) is 46.5 Å². The molecule has 3 heterocycles. The van der Waals surface area contributed by atoms with Gasteiger partial charge >= 0.3 is 0 Å². The third kappa shape index (κ3) is 5.22. The van der Waals surface area contributed by atoms with Crippen LogP contribution in [0.4, 0.5) is 14.5 Å². The van der Waals surface area contributed by atoms with Crippen LogP contribution in [0.25, 0.3) is 11.3 Å². The fraction of sp³-hybridized carbons (Fsp3) is 0.371. The van der Waals surface area contributed by atoms with Gasteiger partial charge < -0.3 is 11.1 Å². The van der Waals surface area contributed by atoms with Crippen molar-refractivity contribution < 1.29 is 18.4 Å². The van der Waals surface area contributed by atoms with Gasteiger partial charge in [0.25, 0.3) is 5.91 Å². The first-order valence-electron chi connectivity index (χ1n) is 15.2. The van der Waals surface area contributed by atoms with Crippen molar-refractivity contribution in [2.45, 2.75) is 50.5 Å². The molecule has 1 amide bonds. The minimum atomic E-state index is -0.684. The maximum absolute atomic E-state index is 15.3. The number of rotatable bonds is 1. The van der Waals surface area contributed by atoms with Crippen LogP contribution in [-0.4, -0.2) is 27.7 Å². The molecule has 7 rings (SSSR count). The maximum Gasteiger partial charge on any atom is 0.274 e. The number of benzene rings is 1. The zero-order valence-electron chi connectivity index (χ0n) is 23.8. The number of nitrogens with one attached hydrogen (secondary N) is 1. The molecule has 2 saturated carbocycles. The molecule has 2 aromatic heterocycles. The Kier molecular flexibility index (Phi) is 7.25. The number of nitrogens with zero attached hydrogens (tertiary/aromatic N) is 2. The Bertz CT molecular complexity index is 1650. The van der Waals surface area contributed by atoms with Gasteiger partial charge in [-0.15, -0.1) is 0 Å². The average Bonchev–Trinajstić information content (AvgIpc) is 3.63. The van der Waals surface area contributed by atoms with Gasteiger partial charge in [0.1, 0.15) is 23.0 Å². The van der Waals surface area contributed by atoms with Gasteiger partial charge in [-0.2, -0.15) is 0 Å². The molecular weight excluding hydrogens is 546 g/mol. The molecule has 0 saturated heterocycles. The predicted octanol–water partition coefficient (Wildman–Crippen LogP) is 6.39. The molecule has 6 nitrogen and oxygen atoms in total. The molecule has 3 N–H and O–H groups in total. The van der Waals surface area contributed by atoms with Gasteiger partial charge in [-0.25, -0.2) is 13.8 Å². The Morgan fingerprint density at radius 3 is 2.74 bits per heavy atom. The van der Waals surface area contributed by atoms with Crippen molar-refractivity contribution in [3.63, 3.8) is 0 Å². The third-order valence-electron chi connectivity index (χ3n) is 10.1. The summed E-state index contributed by atoms with van der Waals surface area (Å²) in [7, 11) is 0. The number of carbonyl (C=O) groups excluding carboxylic acids is 2. The lowest BCUT2D eigenvalue weighted by atomic mass is 9.65. The Morgan fingerprint density at radius 2 is 1.86 bits per heavy atom. The Hall–Kier alpha value is -4.04. The van der Waals surface area contributed by atoms with Crippen LogP contribution in [-0.2, 0) is 11.2 Å². The zero-order chi connectivity index (χ0) is 29.7. The van der Waals surface area contributed by atoms with E-state index in [4.69, 9.17) is 5.73 Å². The van der Waals surface area contributed by atoms with Gasteiger partial charge in [-0.05, 0) is 109 Å². The molecule has 220 valence electrons. The lowest BCUT2D eigenvalue weighted by Gasteiger charge is -2.42. The van der Waals surface area contributed by atoms with E-state index >= 15 is 8.78 Å². The van der Waals surface area contributed by atoms with Crippen molar-refractivity contribution in [3.8, 4) is 11.3 Å². The summed E-state index contributed by atoms with van der Waals surface area (Å²) in [5, 5.41) is 2.95. The number of pyridine rings is 2. The standard InChI is InChI=1S/C35H34F2N4O2/c36-26-10-4-6-19-5-3-7-20-15-21(16-28(38)32(20)33-24-9-2-1-8-22(42)17-25(24)33)23-13-14-39-18-30(23)41-35(43)29-12-11-27(37)34(40-29)31(19)26/h1-2,4,6,8-14,18,20-21,24-25,28,32-33H,3,5,7,15-17,38H2,(H,41,43). The van der Waals surface area contributed by atoms with E-state index in [1.54, 1.807) is 24.5 Å². The average molecular weight is 581 g/mol. The van der Waals surface area contributed by atoms with Crippen molar-refractivity contribution in [3.05, 3.63) is 102 Å². The number of allylic oxidation sites excluding steroid dienone is 4. The summed E-state index contributed by atoms with van der Waals surface area (Å²) in [5.41, 5.74) is 9.17. The molecule has 0 radical (unpaired) electrons. The van der Waals surface area contributed by atoms with Crippen LogP contribution in [0.1, 0.15) is 59.6 Å². The highest BCUT2D eigenvalue weighted by atomic mass is 19.1. The van der Waals surface area contributed by atoms with Gasteiger partial charge in [-0.3, -0.25) is 14.6 Å². The van der Waals surface area contributed by atoms with E-state index in [9.17, 15) is 9.59 Å². The summed E-state index contributed by atoms with van der Waals surface area (Å²) in [6, 6.07) is 9.08. The number of carbonyl (C=O) groups is 2. The van der Waals surface area contributed by atoms with Crippen LogP contribution in [0, 0.1) is 41.2 Å². The van der Waals surface area contributed by atoms with Crippen LogP contribution in [0.3, 0.4) is 0 Å². The van der Waals surface area contributed by atoms with Gasteiger partial charge in [0.05, 0.1) is 11.9 Å². The van der Waals surface area contributed by atoms with E-state index in [2.05, 4.69) is 21.4 Å². The summed E-state index contributed by atoms with van der Waals surface area (Å²) in [5.74, 6) is -0.0441. The second-order valence-corrected chi connectivity index (χ2v) is 12.5. The number of nitrogens with two attached hydrogens (primary N) is 1. The fourth-order valence-electron chi connectivity index (χ4n) is 8.18. The van der Waals surface area contributed by atoms with Gasteiger partial charge in [0.15, 0.2) is 5.78 Å². The number of halogens is 2. The minimum Gasteiger partial charge on any atom is -0.327 e. The first-order chi connectivity index (χ1) is 20.9. The molecule has 3 aromatic rings. The zero-order valence-corrected chi connectivity index (χ0v) is 23.8. The maximum atomic E-state index is 15.3. The smallest absolute Gasteiger partial charge is 0.274 e. The first kappa shape index (κ1) is 27.8. The van der Waals surface area contributed by atoms with Crippen molar-refractivity contribution in [2.24, 2.45) is 35.3 Å². The van der Waals surface area contributed by atoms with Crippen molar-refractivity contribution in [1.29, 1.82) is 0 Å². The molecule has 7 unspecified atom stereocenters. The molecule has 43 heavy (non-hydrogen) atoms. The molecule has 3 aliphatic carbocycles. The molecule has 4 bridgehead atoms. The number of aromatic nitrogens is 2. The topological polar surface area (TPSA) is 98.0 Å². The second-order valence-electron chi connectivity index (χ2n) is 12.5.